The average molecular weight is 357 g/mol. The smallest absolute Gasteiger partial charge is 0.224 e. The van der Waals surface area contributed by atoms with E-state index in [1.165, 1.54) is 18.6 Å². The van der Waals surface area contributed by atoms with Crippen molar-refractivity contribution in [3.05, 3.63) is 18.3 Å². The molecule has 1 aliphatic heterocycles. The lowest BCUT2D eigenvalue weighted by atomic mass is 10.1. The van der Waals surface area contributed by atoms with Crippen molar-refractivity contribution in [3.63, 3.8) is 0 Å². The fourth-order valence-corrected chi connectivity index (χ4v) is 5.24. The second-order valence-electron chi connectivity index (χ2n) is 5.35. The molecule has 1 fully saturated rings. The summed E-state index contributed by atoms with van der Waals surface area (Å²) in [4.78, 5) is 16.1. The number of hydrogen-bond donors (Lipinski definition) is 1. The van der Waals surface area contributed by atoms with Gasteiger partial charge in [0.15, 0.2) is 0 Å². The minimum Gasteiger partial charge on any atom is -0.475 e. The van der Waals surface area contributed by atoms with Gasteiger partial charge in [0.2, 0.25) is 11.8 Å². The van der Waals surface area contributed by atoms with Crippen LogP contribution < -0.4 is 10.1 Å². The standard InChI is InChI=1S/C16H24N2O3S2/c1-20-9-10-21-16-7-6-13(12-17-16)18-15(19)5-3-2-4-14-8-11-22-23-14/h6-7,12,14H,2-5,8-11H2,1H3,(H,18,19). The molecule has 1 aliphatic rings. The van der Waals surface area contributed by atoms with E-state index < -0.39 is 0 Å². The molecule has 1 aromatic heterocycles. The van der Waals surface area contributed by atoms with Gasteiger partial charge in [0, 0.05) is 30.6 Å². The quantitative estimate of drug-likeness (QED) is 0.509. The molecular formula is C16H24N2O3S2. The lowest BCUT2D eigenvalue weighted by Gasteiger charge is -2.08. The van der Waals surface area contributed by atoms with E-state index in [9.17, 15) is 4.79 Å². The molecule has 0 aliphatic carbocycles. The lowest BCUT2D eigenvalue weighted by Crippen LogP contribution is -2.12. The van der Waals surface area contributed by atoms with Gasteiger partial charge in [0.05, 0.1) is 18.5 Å². The Hall–Kier alpha value is -0.920. The first-order chi connectivity index (χ1) is 11.3. The summed E-state index contributed by atoms with van der Waals surface area (Å²) < 4.78 is 10.3. The molecule has 1 aromatic rings. The fraction of sp³-hybridized carbons (Fsp3) is 0.625. The molecule has 0 saturated carbocycles. The lowest BCUT2D eigenvalue weighted by molar-refractivity contribution is -0.116. The van der Waals surface area contributed by atoms with Gasteiger partial charge < -0.3 is 14.8 Å². The highest BCUT2D eigenvalue weighted by Gasteiger charge is 2.15. The SMILES string of the molecule is COCCOc1ccc(NC(=O)CCCCC2CCSS2)cn1. The summed E-state index contributed by atoms with van der Waals surface area (Å²) in [5.74, 6) is 1.86. The molecule has 1 unspecified atom stereocenters. The van der Waals surface area contributed by atoms with E-state index >= 15 is 0 Å². The van der Waals surface area contributed by atoms with Gasteiger partial charge in [-0.25, -0.2) is 4.98 Å². The number of ether oxygens (including phenoxy) is 2. The number of hydrogen-bond acceptors (Lipinski definition) is 6. The van der Waals surface area contributed by atoms with Crippen molar-refractivity contribution >= 4 is 33.2 Å². The second-order valence-corrected chi connectivity index (χ2v) is 8.14. The summed E-state index contributed by atoms with van der Waals surface area (Å²) in [6.07, 6.45) is 6.78. The van der Waals surface area contributed by atoms with Crippen LogP contribution in [0.25, 0.3) is 0 Å². The number of nitrogens with one attached hydrogen (secondary N) is 1. The highest BCUT2D eigenvalue weighted by atomic mass is 33.1. The molecule has 0 radical (unpaired) electrons. The maximum atomic E-state index is 11.9. The van der Waals surface area contributed by atoms with Crippen LogP contribution in [0.3, 0.4) is 0 Å². The average Bonchev–Trinajstić information content (AvgIpc) is 3.07. The third kappa shape index (κ3) is 7.46. The van der Waals surface area contributed by atoms with E-state index in [0.717, 1.165) is 18.1 Å². The van der Waals surface area contributed by atoms with Crippen molar-refractivity contribution in [3.8, 4) is 5.88 Å². The largest absolute Gasteiger partial charge is 0.475 e. The minimum absolute atomic E-state index is 0.0494. The predicted molar refractivity (Wildman–Crippen MR) is 97.2 cm³/mol. The Morgan fingerprint density at radius 2 is 2.30 bits per heavy atom. The summed E-state index contributed by atoms with van der Waals surface area (Å²) in [5.41, 5.74) is 0.705. The van der Waals surface area contributed by atoms with Crippen LogP contribution in [0.4, 0.5) is 5.69 Å². The number of rotatable bonds is 10. The summed E-state index contributed by atoms with van der Waals surface area (Å²) in [6.45, 7) is 0.991. The van der Waals surface area contributed by atoms with Gasteiger partial charge in [0.1, 0.15) is 6.61 Å². The molecule has 7 heteroatoms. The number of amides is 1. The first-order valence-corrected chi connectivity index (χ1v) is 10.3. The minimum atomic E-state index is 0.0494. The van der Waals surface area contributed by atoms with Crippen molar-refractivity contribution in [1.82, 2.24) is 4.98 Å². The highest BCUT2D eigenvalue weighted by Crippen LogP contribution is 2.39. The van der Waals surface area contributed by atoms with E-state index in [-0.39, 0.29) is 5.91 Å². The number of unbranched alkanes of at least 4 members (excludes halogenated alkanes) is 1. The van der Waals surface area contributed by atoms with E-state index in [2.05, 4.69) is 10.3 Å². The number of anilines is 1. The summed E-state index contributed by atoms with van der Waals surface area (Å²) in [5, 5.41) is 3.66. The molecule has 23 heavy (non-hydrogen) atoms. The third-order valence-electron chi connectivity index (χ3n) is 3.46. The molecule has 2 heterocycles. The van der Waals surface area contributed by atoms with Gasteiger partial charge in [-0.1, -0.05) is 28.0 Å². The molecule has 5 nitrogen and oxygen atoms in total. The summed E-state index contributed by atoms with van der Waals surface area (Å²) in [6, 6.07) is 3.56. The van der Waals surface area contributed by atoms with Crippen molar-refractivity contribution in [2.24, 2.45) is 0 Å². The van der Waals surface area contributed by atoms with E-state index in [4.69, 9.17) is 9.47 Å². The molecule has 0 bridgehead atoms. The maximum absolute atomic E-state index is 11.9. The molecular weight excluding hydrogens is 332 g/mol. The van der Waals surface area contributed by atoms with Crippen molar-refractivity contribution in [2.75, 3.05) is 31.4 Å². The van der Waals surface area contributed by atoms with Gasteiger partial charge in [0.25, 0.3) is 0 Å². The number of carbonyl (C=O) groups excluding carboxylic acids is 1. The van der Waals surface area contributed by atoms with Gasteiger partial charge in [-0.05, 0) is 25.3 Å². The van der Waals surface area contributed by atoms with Crippen LogP contribution >= 0.6 is 21.6 Å². The van der Waals surface area contributed by atoms with Gasteiger partial charge >= 0.3 is 0 Å². The second kappa shape index (κ2) is 10.8. The Balaban J connectivity index is 1.60. The molecule has 0 spiro atoms. The Morgan fingerprint density at radius 3 is 3.00 bits per heavy atom. The first kappa shape index (κ1) is 18.4. The van der Waals surface area contributed by atoms with Crippen LogP contribution in [0.15, 0.2) is 18.3 Å². The zero-order valence-electron chi connectivity index (χ0n) is 13.5. The zero-order valence-corrected chi connectivity index (χ0v) is 15.1. The van der Waals surface area contributed by atoms with E-state index in [1.54, 1.807) is 25.4 Å². The topological polar surface area (TPSA) is 60.5 Å². The molecule has 1 saturated heterocycles. The summed E-state index contributed by atoms with van der Waals surface area (Å²) in [7, 11) is 5.59. The third-order valence-corrected chi connectivity index (χ3v) is 6.47. The zero-order chi connectivity index (χ0) is 16.3. The fourth-order valence-electron chi connectivity index (χ4n) is 2.21. The highest BCUT2D eigenvalue weighted by molar-refractivity contribution is 8.77. The number of nitrogens with zero attached hydrogens (tertiary/aromatic N) is 1. The summed E-state index contributed by atoms with van der Waals surface area (Å²) >= 11 is 0. The van der Waals surface area contributed by atoms with Crippen LogP contribution in [-0.4, -0.2) is 42.2 Å². The van der Waals surface area contributed by atoms with Gasteiger partial charge in [-0.3, -0.25) is 4.79 Å². The van der Waals surface area contributed by atoms with Crippen LogP contribution in [0.1, 0.15) is 32.1 Å². The van der Waals surface area contributed by atoms with Crippen LogP contribution in [0, 0.1) is 0 Å². The molecule has 128 valence electrons. The Kier molecular flexibility index (Phi) is 8.63. The van der Waals surface area contributed by atoms with Crippen molar-refractivity contribution < 1.29 is 14.3 Å². The van der Waals surface area contributed by atoms with Crippen molar-refractivity contribution in [1.29, 1.82) is 0 Å². The van der Waals surface area contributed by atoms with Gasteiger partial charge in [-0.2, -0.15) is 0 Å². The molecule has 1 atom stereocenters. The number of aromatic nitrogens is 1. The van der Waals surface area contributed by atoms with Gasteiger partial charge in [-0.15, -0.1) is 0 Å². The van der Waals surface area contributed by atoms with E-state index in [1.807, 2.05) is 21.6 Å². The van der Waals surface area contributed by atoms with Crippen LogP contribution in [0.5, 0.6) is 5.88 Å². The first-order valence-electron chi connectivity index (χ1n) is 7.94. The monoisotopic (exact) mass is 356 g/mol. The normalized spacial score (nSPS) is 17.2. The molecule has 2 rings (SSSR count). The molecule has 0 aromatic carbocycles. The number of methoxy groups -OCH3 is 1. The molecule has 1 amide bonds. The Bertz CT molecular complexity index is 465. The van der Waals surface area contributed by atoms with Crippen LogP contribution in [-0.2, 0) is 9.53 Å². The number of pyridine rings is 1. The van der Waals surface area contributed by atoms with Crippen molar-refractivity contribution in [2.45, 2.75) is 37.4 Å². The van der Waals surface area contributed by atoms with Crippen LogP contribution in [0.2, 0.25) is 0 Å². The Morgan fingerprint density at radius 1 is 1.39 bits per heavy atom. The molecule has 1 N–H and O–H groups in total. The maximum Gasteiger partial charge on any atom is 0.224 e. The van der Waals surface area contributed by atoms with E-state index in [0.29, 0.717) is 31.2 Å². The predicted octanol–water partition coefficient (Wildman–Crippen LogP) is 3.76. The number of carbonyl (C=O) groups is 1. The Labute approximate surface area is 145 Å².